The number of benzene rings is 1. The lowest BCUT2D eigenvalue weighted by atomic mass is 10.4. The summed E-state index contributed by atoms with van der Waals surface area (Å²) < 4.78 is 12.8. The van der Waals surface area contributed by atoms with Crippen LogP contribution in [0.25, 0.3) is 0 Å². The highest BCUT2D eigenvalue weighted by Gasteiger charge is 1.99. The monoisotopic (exact) mass is 194 g/mol. The summed E-state index contributed by atoms with van der Waals surface area (Å²) in [5.41, 5.74) is 0. The van der Waals surface area contributed by atoms with Gasteiger partial charge in [0.05, 0.1) is 0 Å². The van der Waals surface area contributed by atoms with Crippen molar-refractivity contribution in [3.8, 4) is 0 Å². The molecule has 0 aliphatic heterocycles. The van der Waals surface area contributed by atoms with Crippen molar-refractivity contribution < 1.29 is 4.39 Å². The summed E-state index contributed by atoms with van der Waals surface area (Å²) in [6.07, 6.45) is 1.74. The molecule has 13 heavy (non-hydrogen) atoms. The zero-order valence-corrected chi connectivity index (χ0v) is 7.51. The molecule has 0 unspecified atom stereocenters. The molecule has 0 saturated heterocycles. The van der Waals surface area contributed by atoms with Crippen molar-refractivity contribution in [3.05, 3.63) is 42.3 Å². The van der Waals surface area contributed by atoms with Crippen molar-refractivity contribution in [1.29, 1.82) is 0 Å². The van der Waals surface area contributed by atoms with Gasteiger partial charge < -0.3 is 0 Å². The van der Waals surface area contributed by atoms with Crippen LogP contribution in [-0.4, -0.2) is 10.2 Å². The van der Waals surface area contributed by atoms with Crippen molar-refractivity contribution in [2.45, 2.75) is 9.92 Å². The molecule has 0 saturated carbocycles. The zero-order chi connectivity index (χ0) is 9.10. The Labute approximate surface area is 79.2 Å². The third-order valence-corrected chi connectivity index (χ3v) is 2.42. The minimum atomic E-state index is -0.222. The van der Waals surface area contributed by atoms with Crippen molar-refractivity contribution in [2.75, 3.05) is 0 Å². The molecule has 1 aromatic carbocycles. The van der Waals surface area contributed by atoms with Gasteiger partial charge in [0.25, 0.3) is 0 Å². The number of hydrogen-bond acceptors (Lipinski definition) is 2. The number of nitrogens with one attached hydrogen (secondary N) is 1. The van der Waals surface area contributed by atoms with Crippen LogP contribution in [0.15, 0.2) is 46.5 Å². The van der Waals surface area contributed by atoms with Gasteiger partial charge in [-0.1, -0.05) is 17.8 Å². The molecule has 0 radical (unpaired) electrons. The quantitative estimate of drug-likeness (QED) is 0.796. The Morgan fingerprint density at radius 2 is 2.23 bits per heavy atom. The van der Waals surface area contributed by atoms with Gasteiger partial charge in [0.1, 0.15) is 10.8 Å². The van der Waals surface area contributed by atoms with Crippen LogP contribution in [0.1, 0.15) is 0 Å². The van der Waals surface area contributed by atoms with E-state index in [0.29, 0.717) is 0 Å². The van der Waals surface area contributed by atoms with Gasteiger partial charge in [0.15, 0.2) is 0 Å². The van der Waals surface area contributed by atoms with E-state index in [9.17, 15) is 4.39 Å². The highest BCUT2D eigenvalue weighted by molar-refractivity contribution is 7.99. The van der Waals surface area contributed by atoms with Crippen LogP contribution in [0.3, 0.4) is 0 Å². The Hall–Kier alpha value is -1.29. The molecule has 0 spiro atoms. The van der Waals surface area contributed by atoms with E-state index in [4.69, 9.17) is 0 Å². The SMILES string of the molecule is Fc1cccc(Sc2cc[nH]n2)c1. The number of aromatic amines is 1. The average Bonchev–Trinajstić information content (AvgIpc) is 2.57. The van der Waals surface area contributed by atoms with Gasteiger partial charge in [0.2, 0.25) is 0 Å². The highest BCUT2D eigenvalue weighted by atomic mass is 32.2. The summed E-state index contributed by atoms with van der Waals surface area (Å²) in [5.74, 6) is -0.222. The molecule has 0 aliphatic rings. The van der Waals surface area contributed by atoms with Gasteiger partial charge in [0, 0.05) is 11.1 Å². The molecule has 0 aliphatic carbocycles. The second kappa shape index (κ2) is 3.62. The highest BCUT2D eigenvalue weighted by Crippen LogP contribution is 2.25. The normalized spacial score (nSPS) is 10.2. The zero-order valence-electron chi connectivity index (χ0n) is 6.70. The number of halogens is 1. The van der Waals surface area contributed by atoms with Crippen LogP contribution in [0.5, 0.6) is 0 Å². The van der Waals surface area contributed by atoms with Crippen LogP contribution in [0.2, 0.25) is 0 Å². The van der Waals surface area contributed by atoms with Crippen LogP contribution in [0, 0.1) is 5.82 Å². The van der Waals surface area contributed by atoms with Crippen molar-refractivity contribution in [3.63, 3.8) is 0 Å². The summed E-state index contributed by atoms with van der Waals surface area (Å²) >= 11 is 1.43. The fourth-order valence-corrected chi connectivity index (χ4v) is 1.75. The molecule has 0 bridgehead atoms. The van der Waals surface area contributed by atoms with Crippen LogP contribution in [0.4, 0.5) is 4.39 Å². The molecule has 1 heterocycles. The third kappa shape index (κ3) is 2.09. The third-order valence-electron chi connectivity index (χ3n) is 1.49. The Morgan fingerprint density at radius 1 is 1.31 bits per heavy atom. The fourth-order valence-electron chi connectivity index (χ4n) is 0.955. The minimum absolute atomic E-state index is 0.222. The van der Waals surface area contributed by atoms with E-state index in [0.717, 1.165) is 9.92 Å². The van der Waals surface area contributed by atoms with E-state index in [-0.39, 0.29) is 5.82 Å². The number of aromatic nitrogens is 2. The Kier molecular flexibility index (Phi) is 2.31. The number of rotatable bonds is 2. The number of H-pyrrole nitrogens is 1. The topological polar surface area (TPSA) is 28.7 Å². The van der Waals surface area contributed by atoms with Gasteiger partial charge in [-0.15, -0.1) is 0 Å². The summed E-state index contributed by atoms with van der Waals surface area (Å²) in [5, 5.41) is 7.50. The summed E-state index contributed by atoms with van der Waals surface area (Å²) in [4.78, 5) is 0.854. The lowest BCUT2D eigenvalue weighted by molar-refractivity contribution is 0.624. The second-order valence-corrected chi connectivity index (χ2v) is 3.57. The van der Waals surface area contributed by atoms with Crippen LogP contribution >= 0.6 is 11.8 Å². The second-order valence-electron chi connectivity index (χ2n) is 2.47. The molecule has 0 amide bonds. The first-order chi connectivity index (χ1) is 6.34. The molecule has 2 nitrogen and oxygen atoms in total. The minimum Gasteiger partial charge on any atom is -0.285 e. The van der Waals surface area contributed by atoms with Crippen molar-refractivity contribution in [2.24, 2.45) is 0 Å². The predicted octanol–water partition coefficient (Wildman–Crippen LogP) is 2.70. The molecule has 0 fully saturated rings. The molecule has 2 aromatic rings. The maximum absolute atomic E-state index is 12.8. The number of hydrogen-bond donors (Lipinski definition) is 1. The lowest BCUT2D eigenvalue weighted by Crippen LogP contribution is -1.76. The maximum Gasteiger partial charge on any atom is 0.124 e. The van der Waals surface area contributed by atoms with Gasteiger partial charge in [-0.25, -0.2) is 4.39 Å². The fraction of sp³-hybridized carbons (Fsp3) is 0. The van der Waals surface area contributed by atoms with Crippen LogP contribution < -0.4 is 0 Å². The molecule has 1 N–H and O–H groups in total. The van der Waals surface area contributed by atoms with E-state index in [1.54, 1.807) is 12.3 Å². The lowest BCUT2D eigenvalue weighted by Gasteiger charge is -1.96. The first-order valence-electron chi connectivity index (χ1n) is 3.78. The molecule has 0 atom stereocenters. The van der Waals surface area contributed by atoms with Crippen LogP contribution in [-0.2, 0) is 0 Å². The first kappa shape index (κ1) is 8.31. The molecule has 2 rings (SSSR count). The largest absolute Gasteiger partial charge is 0.285 e. The average molecular weight is 194 g/mol. The molecule has 66 valence electrons. The van der Waals surface area contributed by atoms with E-state index in [1.807, 2.05) is 12.1 Å². The predicted molar refractivity (Wildman–Crippen MR) is 49.1 cm³/mol. The summed E-state index contributed by atoms with van der Waals surface area (Å²) in [6, 6.07) is 8.29. The summed E-state index contributed by atoms with van der Waals surface area (Å²) in [7, 11) is 0. The number of nitrogens with zero attached hydrogens (tertiary/aromatic N) is 1. The van der Waals surface area contributed by atoms with Gasteiger partial charge in [-0.3, -0.25) is 5.10 Å². The van der Waals surface area contributed by atoms with Crippen molar-refractivity contribution in [1.82, 2.24) is 10.2 Å². The Bertz CT molecular complexity index is 386. The molecule has 1 aromatic heterocycles. The molecule has 4 heteroatoms. The first-order valence-corrected chi connectivity index (χ1v) is 4.59. The smallest absolute Gasteiger partial charge is 0.124 e. The van der Waals surface area contributed by atoms with E-state index < -0.39 is 0 Å². The Morgan fingerprint density at radius 3 is 2.92 bits per heavy atom. The van der Waals surface area contributed by atoms with Gasteiger partial charge >= 0.3 is 0 Å². The molecular weight excluding hydrogens is 187 g/mol. The standard InChI is InChI=1S/C9H7FN2S/c10-7-2-1-3-8(6-7)13-9-4-5-11-12-9/h1-6H,(H,11,12). The van der Waals surface area contributed by atoms with Gasteiger partial charge in [-0.2, -0.15) is 5.10 Å². The Balaban J connectivity index is 2.19. The maximum atomic E-state index is 12.8. The van der Waals surface area contributed by atoms with E-state index in [2.05, 4.69) is 10.2 Å². The van der Waals surface area contributed by atoms with Gasteiger partial charge in [-0.05, 0) is 24.3 Å². The summed E-state index contributed by atoms with van der Waals surface area (Å²) in [6.45, 7) is 0. The van der Waals surface area contributed by atoms with E-state index >= 15 is 0 Å². The molecular formula is C9H7FN2S. The van der Waals surface area contributed by atoms with Crippen molar-refractivity contribution >= 4 is 11.8 Å². The van der Waals surface area contributed by atoms with E-state index in [1.165, 1.54) is 23.9 Å².